The molecule has 114 valence electrons. The van der Waals surface area contributed by atoms with E-state index in [4.69, 9.17) is 9.15 Å². The van der Waals surface area contributed by atoms with Crippen LogP contribution in [0.2, 0.25) is 0 Å². The monoisotopic (exact) mass is 290 g/mol. The molecule has 0 aromatic carbocycles. The molecule has 5 heteroatoms. The number of amides is 1. The largest absolute Gasteiger partial charge is 0.465 e. The summed E-state index contributed by atoms with van der Waals surface area (Å²) in [5.74, 6) is 0.775. The molecule has 0 saturated carbocycles. The molecule has 0 unspecified atom stereocenters. The molecule has 2 fully saturated rings. The van der Waals surface area contributed by atoms with Gasteiger partial charge in [0.1, 0.15) is 5.76 Å². The number of hydrogen-bond donors (Lipinski definition) is 0. The van der Waals surface area contributed by atoms with Crippen LogP contribution in [0, 0.1) is 0 Å². The lowest BCUT2D eigenvalue weighted by molar-refractivity contribution is -0.134. The molecule has 0 N–H and O–H groups in total. The Morgan fingerprint density at radius 1 is 1.38 bits per heavy atom. The van der Waals surface area contributed by atoms with Crippen molar-refractivity contribution in [3.8, 4) is 0 Å². The predicted octanol–water partition coefficient (Wildman–Crippen LogP) is 1.61. The molecule has 1 aromatic rings. The summed E-state index contributed by atoms with van der Waals surface area (Å²) >= 11 is 0. The van der Waals surface area contributed by atoms with E-state index in [1.165, 1.54) is 0 Å². The Balaban J connectivity index is 1.42. The van der Waals surface area contributed by atoms with Gasteiger partial charge in [-0.25, -0.2) is 0 Å². The maximum atomic E-state index is 12.0. The van der Waals surface area contributed by atoms with Gasteiger partial charge in [0.25, 0.3) is 0 Å². The highest BCUT2D eigenvalue weighted by molar-refractivity contribution is 5.92. The quantitative estimate of drug-likeness (QED) is 0.791. The maximum Gasteiger partial charge on any atom is 0.246 e. The van der Waals surface area contributed by atoms with Gasteiger partial charge in [-0.2, -0.15) is 0 Å². The Labute approximate surface area is 125 Å². The molecule has 0 aliphatic carbocycles. The van der Waals surface area contributed by atoms with Crippen molar-refractivity contribution in [2.45, 2.75) is 25.0 Å². The van der Waals surface area contributed by atoms with Crippen LogP contribution in [0.5, 0.6) is 0 Å². The fourth-order valence-corrected chi connectivity index (χ4v) is 2.99. The van der Waals surface area contributed by atoms with Crippen LogP contribution in [-0.2, 0) is 9.53 Å². The van der Waals surface area contributed by atoms with Crippen molar-refractivity contribution in [3.05, 3.63) is 30.2 Å². The van der Waals surface area contributed by atoms with Crippen LogP contribution in [0.15, 0.2) is 28.9 Å². The summed E-state index contributed by atoms with van der Waals surface area (Å²) in [5, 5.41) is 0. The Hall–Kier alpha value is -1.59. The van der Waals surface area contributed by atoms with Gasteiger partial charge in [0.05, 0.1) is 12.4 Å². The standard InChI is InChI=1S/C16H22N2O3/c1-20-14-6-8-17(9-7-14)13-11-18(12-13)16(19)5-4-15-3-2-10-21-15/h2-5,10,13-14H,6-9,11-12H2,1H3/b5-4+. The third kappa shape index (κ3) is 3.36. The number of furan rings is 1. The summed E-state index contributed by atoms with van der Waals surface area (Å²) in [6.45, 7) is 3.82. The van der Waals surface area contributed by atoms with Crippen LogP contribution in [0.1, 0.15) is 18.6 Å². The molecule has 2 aliphatic heterocycles. The fourth-order valence-electron chi connectivity index (χ4n) is 2.99. The molecule has 0 radical (unpaired) electrons. The van der Waals surface area contributed by atoms with E-state index in [2.05, 4.69) is 4.90 Å². The molecule has 1 aromatic heterocycles. The molecule has 0 atom stereocenters. The Kier molecular flexibility index (Phi) is 4.41. The Morgan fingerprint density at radius 2 is 2.14 bits per heavy atom. The first-order chi connectivity index (χ1) is 10.3. The van der Waals surface area contributed by atoms with E-state index in [1.807, 2.05) is 17.0 Å². The predicted molar refractivity (Wildman–Crippen MR) is 79.7 cm³/mol. The zero-order valence-electron chi connectivity index (χ0n) is 12.4. The van der Waals surface area contributed by atoms with Crippen LogP contribution >= 0.6 is 0 Å². The maximum absolute atomic E-state index is 12.0. The summed E-state index contributed by atoms with van der Waals surface area (Å²) in [6.07, 6.45) is 7.52. The van der Waals surface area contributed by atoms with Crippen molar-refractivity contribution in [2.75, 3.05) is 33.3 Å². The van der Waals surface area contributed by atoms with E-state index >= 15 is 0 Å². The molecule has 1 amide bonds. The highest BCUT2D eigenvalue weighted by Gasteiger charge is 2.35. The lowest BCUT2D eigenvalue weighted by Gasteiger charge is -2.47. The average molecular weight is 290 g/mol. The van der Waals surface area contributed by atoms with Crippen LogP contribution in [0.25, 0.3) is 6.08 Å². The first kappa shape index (κ1) is 14.4. The van der Waals surface area contributed by atoms with Crippen LogP contribution < -0.4 is 0 Å². The summed E-state index contributed by atoms with van der Waals surface area (Å²) in [7, 11) is 1.79. The minimum Gasteiger partial charge on any atom is -0.465 e. The summed E-state index contributed by atoms with van der Waals surface area (Å²) in [5.41, 5.74) is 0. The third-order valence-electron chi connectivity index (χ3n) is 4.43. The van der Waals surface area contributed by atoms with Crippen LogP contribution in [0.3, 0.4) is 0 Å². The van der Waals surface area contributed by atoms with Gasteiger partial charge in [-0.15, -0.1) is 0 Å². The van der Waals surface area contributed by atoms with Gasteiger partial charge in [0, 0.05) is 45.4 Å². The molecule has 3 rings (SSSR count). The van der Waals surface area contributed by atoms with Crippen LogP contribution in [0.4, 0.5) is 0 Å². The number of carbonyl (C=O) groups excluding carboxylic acids is 1. The van der Waals surface area contributed by atoms with E-state index in [0.29, 0.717) is 17.9 Å². The van der Waals surface area contributed by atoms with Gasteiger partial charge in [-0.05, 0) is 31.1 Å². The molecular weight excluding hydrogens is 268 g/mol. The number of hydrogen-bond acceptors (Lipinski definition) is 4. The first-order valence-electron chi connectivity index (χ1n) is 7.53. The average Bonchev–Trinajstić information content (AvgIpc) is 2.97. The first-order valence-corrected chi connectivity index (χ1v) is 7.53. The summed E-state index contributed by atoms with van der Waals surface area (Å²) in [6, 6.07) is 4.17. The van der Waals surface area contributed by atoms with Crippen LogP contribution in [-0.4, -0.2) is 61.1 Å². The molecule has 3 heterocycles. The molecule has 0 spiro atoms. The third-order valence-corrected chi connectivity index (χ3v) is 4.43. The van der Waals surface area contributed by atoms with Gasteiger partial charge in [0.15, 0.2) is 0 Å². The highest BCUT2D eigenvalue weighted by atomic mass is 16.5. The minimum atomic E-state index is 0.0643. The van der Waals surface area contributed by atoms with Gasteiger partial charge in [0.2, 0.25) is 5.91 Å². The molecule has 2 aliphatic rings. The number of rotatable bonds is 4. The topological polar surface area (TPSA) is 45.9 Å². The van der Waals surface area contributed by atoms with Crippen molar-refractivity contribution in [2.24, 2.45) is 0 Å². The van der Waals surface area contributed by atoms with Crippen molar-refractivity contribution in [3.63, 3.8) is 0 Å². The second-order valence-corrected chi connectivity index (χ2v) is 5.72. The van der Waals surface area contributed by atoms with E-state index in [0.717, 1.165) is 39.0 Å². The highest BCUT2D eigenvalue weighted by Crippen LogP contribution is 2.21. The van der Waals surface area contributed by atoms with Crippen molar-refractivity contribution in [1.82, 2.24) is 9.80 Å². The van der Waals surface area contributed by atoms with Gasteiger partial charge >= 0.3 is 0 Å². The number of likely N-dealkylation sites (tertiary alicyclic amines) is 2. The summed E-state index contributed by atoms with van der Waals surface area (Å²) in [4.78, 5) is 16.4. The van der Waals surface area contributed by atoms with E-state index < -0.39 is 0 Å². The van der Waals surface area contributed by atoms with E-state index in [9.17, 15) is 4.79 Å². The second-order valence-electron chi connectivity index (χ2n) is 5.72. The lowest BCUT2D eigenvalue weighted by Crippen LogP contribution is -2.62. The van der Waals surface area contributed by atoms with Crippen molar-refractivity contribution < 1.29 is 13.9 Å². The number of methoxy groups -OCH3 is 1. The molecular formula is C16H22N2O3. The zero-order valence-corrected chi connectivity index (χ0v) is 12.4. The second kappa shape index (κ2) is 6.45. The number of nitrogens with zero attached hydrogens (tertiary/aromatic N) is 2. The zero-order chi connectivity index (χ0) is 14.7. The molecule has 5 nitrogen and oxygen atoms in total. The summed E-state index contributed by atoms with van der Waals surface area (Å²) < 4.78 is 10.6. The SMILES string of the molecule is COC1CCN(C2CN(C(=O)/C=C/c3ccco3)C2)CC1. The smallest absolute Gasteiger partial charge is 0.246 e. The van der Waals surface area contributed by atoms with Gasteiger partial charge in [-0.1, -0.05) is 0 Å². The molecule has 0 bridgehead atoms. The van der Waals surface area contributed by atoms with Crippen molar-refractivity contribution in [1.29, 1.82) is 0 Å². The van der Waals surface area contributed by atoms with Gasteiger partial charge in [-0.3, -0.25) is 9.69 Å². The fraction of sp³-hybridized carbons (Fsp3) is 0.562. The Morgan fingerprint density at radius 3 is 2.76 bits per heavy atom. The van der Waals surface area contributed by atoms with E-state index in [-0.39, 0.29) is 5.91 Å². The number of piperidine rings is 1. The van der Waals surface area contributed by atoms with E-state index in [1.54, 1.807) is 25.5 Å². The Bertz CT molecular complexity index is 484. The number of carbonyl (C=O) groups is 1. The number of ether oxygens (including phenoxy) is 1. The van der Waals surface area contributed by atoms with Gasteiger partial charge < -0.3 is 14.1 Å². The lowest BCUT2D eigenvalue weighted by atomic mass is 10.0. The normalized spacial score (nSPS) is 21.9. The molecule has 2 saturated heterocycles. The minimum absolute atomic E-state index is 0.0643. The molecule has 21 heavy (non-hydrogen) atoms. The van der Waals surface area contributed by atoms with Crippen molar-refractivity contribution >= 4 is 12.0 Å².